The number of amides is 3. The van der Waals surface area contributed by atoms with Gasteiger partial charge in [0, 0.05) is 4.47 Å². The minimum absolute atomic E-state index is 0.151. The normalized spacial score (nSPS) is 14.8. The molecule has 0 radical (unpaired) electrons. The van der Waals surface area contributed by atoms with Gasteiger partial charge in [0.05, 0.1) is 16.7 Å². The number of carbonyl (C=O) groups excluding carboxylic acids is 2. The molecule has 0 saturated carbocycles. The first kappa shape index (κ1) is 20.5. The maximum absolute atomic E-state index is 11.7. The van der Waals surface area contributed by atoms with Gasteiger partial charge in [-0.25, -0.2) is 4.79 Å². The summed E-state index contributed by atoms with van der Waals surface area (Å²) in [7, 11) is 0. The molecule has 3 amide bonds. The van der Waals surface area contributed by atoms with Gasteiger partial charge >= 0.3 is 6.03 Å². The summed E-state index contributed by atoms with van der Waals surface area (Å²) in [5.41, 5.74) is 1.65. The summed E-state index contributed by atoms with van der Waals surface area (Å²) in [6.45, 7) is 2.55. The molecule has 0 aromatic heterocycles. The molecule has 1 saturated heterocycles. The van der Waals surface area contributed by atoms with Crippen LogP contribution in [0, 0.1) is 0 Å². The Morgan fingerprint density at radius 1 is 1.04 bits per heavy atom. The van der Waals surface area contributed by atoms with Crippen LogP contribution in [0.2, 0.25) is 10.0 Å². The van der Waals surface area contributed by atoms with Crippen molar-refractivity contribution in [2.24, 2.45) is 0 Å². The number of rotatable bonds is 6. The Morgan fingerprint density at radius 3 is 2.43 bits per heavy atom. The van der Waals surface area contributed by atoms with Gasteiger partial charge in [-0.05, 0) is 48.4 Å². The van der Waals surface area contributed by atoms with Gasteiger partial charge in [0.1, 0.15) is 12.3 Å². The number of imide groups is 1. The predicted octanol–water partition coefficient (Wildman–Crippen LogP) is 4.91. The molecule has 0 aliphatic carbocycles. The summed E-state index contributed by atoms with van der Waals surface area (Å²) in [4.78, 5) is 23.0. The van der Waals surface area contributed by atoms with E-state index in [0.717, 1.165) is 5.56 Å². The van der Waals surface area contributed by atoms with Crippen molar-refractivity contribution >= 4 is 57.1 Å². The van der Waals surface area contributed by atoms with Crippen molar-refractivity contribution in [1.29, 1.82) is 0 Å². The summed E-state index contributed by atoms with van der Waals surface area (Å²) in [5, 5.41) is 5.53. The van der Waals surface area contributed by atoms with Crippen LogP contribution < -0.4 is 20.1 Å². The number of ether oxygens (including phenoxy) is 2. The van der Waals surface area contributed by atoms with Crippen LogP contribution in [0.5, 0.6) is 11.5 Å². The molecule has 9 heteroatoms. The van der Waals surface area contributed by atoms with Crippen LogP contribution in [0.25, 0.3) is 6.08 Å². The van der Waals surface area contributed by atoms with E-state index in [1.807, 2.05) is 13.0 Å². The highest BCUT2D eigenvalue weighted by Crippen LogP contribution is 2.35. The highest BCUT2D eigenvalue weighted by Gasteiger charge is 2.23. The SMILES string of the molecule is CCOc1cc(/C=C2/NC(=O)NC2=O)c(Br)cc1OCc1ccc(Cl)c(Cl)c1. The maximum atomic E-state index is 11.7. The van der Waals surface area contributed by atoms with Gasteiger partial charge in [0.15, 0.2) is 11.5 Å². The largest absolute Gasteiger partial charge is 0.490 e. The second-order valence-corrected chi connectivity index (χ2v) is 7.43. The van der Waals surface area contributed by atoms with E-state index in [9.17, 15) is 9.59 Å². The first-order valence-electron chi connectivity index (χ1n) is 8.24. The molecule has 0 atom stereocenters. The lowest BCUT2D eigenvalue weighted by molar-refractivity contribution is -0.115. The first-order chi connectivity index (χ1) is 13.4. The van der Waals surface area contributed by atoms with Gasteiger partial charge in [-0.15, -0.1) is 0 Å². The van der Waals surface area contributed by atoms with Gasteiger partial charge in [0.2, 0.25) is 0 Å². The predicted molar refractivity (Wildman–Crippen MR) is 111 cm³/mol. The molecule has 1 heterocycles. The quantitative estimate of drug-likeness (QED) is 0.450. The van der Waals surface area contributed by atoms with Crippen LogP contribution in [0.1, 0.15) is 18.1 Å². The number of hydrogen-bond donors (Lipinski definition) is 2. The van der Waals surface area contributed by atoms with Gasteiger partial charge in [-0.3, -0.25) is 10.1 Å². The average molecular weight is 486 g/mol. The fourth-order valence-corrected chi connectivity index (χ4v) is 3.23. The third-order valence-corrected chi connectivity index (χ3v) is 5.19. The number of carbonyl (C=O) groups is 2. The molecule has 0 unspecified atom stereocenters. The molecule has 2 N–H and O–H groups in total. The van der Waals surface area contributed by atoms with E-state index in [1.165, 1.54) is 0 Å². The Hall–Kier alpha value is -2.22. The van der Waals surface area contributed by atoms with E-state index in [0.29, 0.717) is 38.2 Å². The minimum atomic E-state index is -0.556. The van der Waals surface area contributed by atoms with Crippen LogP contribution in [0.3, 0.4) is 0 Å². The van der Waals surface area contributed by atoms with Crippen molar-refractivity contribution in [2.75, 3.05) is 6.61 Å². The van der Waals surface area contributed by atoms with Gasteiger partial charge < -0.3 is 14.8 Å². The molecular formula is C19H15BrCl2N2O4. The third kappa shape index (κ3) is 4.79. The summed E-state index contributed by atoms with van der Waals surface area (Å²) in [6, 6.07) is 8.17. The Bertz CT molecular complexity index is 979. The lowest BCUT2D eigenvalue weighted by Crippen LogP contribution is -2.22. The van der Waals surface area contributed by atoms with E-state index in [4.69, 9.17) is 32.7 Å². The topological polar surface area (TPSA) is 76.7 Å². The molecule has 2 aromatic rings. The second-order valence-electron chi connectivity index (χ2n) is 5.76. The summed E-state index contributed by atoms with van der Waals surface area (Å²) >= 11 is 15.4. The van der Waals surface area contributed by atoms with Crippen molar-refractivity contribution in [1.82, 2.24) is 10.6 Å². The Kier molecular flexibility index (Phi) is 6.49. The highest BCUT2D eigenvalue weighted by atomic mass is 79.9. The molecule has 3 rings (SSSR count). The first-order valence-corrected chi connectivity index (χ1v) is 9.79. The lowest BCUT2D eigenvalue weighted by Gasteiger charge is -2.14. The Balaban J connectivity index is 1.86. The van der Waals surface area contributed by atoms with Crippen molar-refractivity contribution in [3.05, 3.63) is 61.7 Å². The average Bonchev–Trinajstić information content (AvgIpc) is 2.96. The fourth-order valence-electron chi connectivity index (χ4n) is 2.47. The van der Waals surface area contributed by atoms with Gasteiger partial charge in [0.25, 0.3) is 5.91 Å². The molecule has 28 heavy (non-hydrogen) atoms. The number of urea groups is 1. The summed E-state index contributed by atoms with van der Waals surface area (Å²) < 4.78 is 12.2. The molecule has 2 aromatic carbocycles. The molecule has 6 nitrogen and oxygen atoms in total. The number of benzene rings is 2. The van der Waals surface area contributed by atoms with E-state index >= 15 is 0 Å². The van der Waals surface area contributed by atoms with Crippen molar-refractivity contribution in [3.8, 4) is 11.5 Å². The van der Waals surface area contributed by atoms with E-state index < -0.39 is 11.9 Å². The number of halogens is 3. The number of hydrogen-bond acceptors (Lipinski definition) is 4. The van der Waals surface area contributed by atoms with Crippen LogP contribution in [0.4, 0.5) is 4.79 Å². The molecule has 1 fully saturated rings. The van der Waals surface area contributed by atoms with Crippen molar-refractivity contribution < 1.29 is 19.1 Å². The smallest absolute Gasteiger partial charge is 0.326 e. The van der Waals surface area contributed by atoms with Crippen LogP contribution >= 0.6 is 39.1 Å². The summed E-state index contributed by atoms with van der Waals surface area (Å²) in [5.74, 6) is 0.527. The molecule has 1 aliphatic rings. The molecule has 1 aliphatic heterocycles. The van der Waals surface area contributed by atoms with E-state index in [1.54, 1.807) is 30.3 Å². The molecule has 0 spiro atoms. The van der Waals surface area contributed by atoms with Crippen molar-refractivity contribution in [2.45, 2.75) is 13.5 Å². The lowest BCUT2D eigenvalue weighted by atomic mass is 10.1. The van der Waals surface area contributed by atoms with Crippen LogP contribution in [-0.2, 0) is 11.4 Å². The Morgan fingerprint density at radius 2 is 1.79 bits per heavy atom. The fraction of sp³-hybridized carbons (Fsp3) is 0.158. The minimum Gasteiger partial charge on any atom is -0.490 e. The van der Waals surface area contributed by atoms with E-state index in [2.05, 4.69) is 26.6 Å². The monoisotopic (exact) mass is 484 g/mol. The maximum Gasteiger partial charge on any atom is 0.326 e. The Labute approximate surface area is 179 Å². The van der Waals surface area contributed by atoms with Crippen molar-refractivity contribution in [3.63, 3.8) is 0 Å². The standard InChI is InChI=1S/C19H15BrCl2N2O4/c1-2-27-16-7-11(6-15-18(25)24-19(26)23-15)12(20)8-17(16)28-9-10-3-4-13(21)14(22)5-10/h3-8H,2,9H2,1H3,(H2,23,24,25,26)/b15-6+. The zero-order valence-corrected chi connectivity index (χ0v) is 17.7. The zero-order valence-electron chi connectivity index (χ0n) is 14.6. The third-order valence-electron chi connectivity index (χ3n) is 3.76. The summed E-state index contributed by atoms with van der Waals surface area (Å²) in [6.07, 6.45) is 1.55. The molecular weight excluding hydrogens is 471 g/mol. The molecule has 0 bridgehead atoms. The van der Waals surface area contributed by atoms with Crippen LogP contribution in [0.15, 0.2) is 40.5 Å². The van der Waals surface area contributed by atoms with Crippen LogP contribution in [-0.4, -0.2) is 18.5 Å². The number of nitrogens with one attached hydrogen (secondary N) is 2. The van der Waals surface area contributed by atoms with Gasteiger partial charge in [-0.2, -0.15) is 0 Å². The van der Waals surface area contributed by atoms with Gasteiger partial charge in [-0.1, -0.05) is 45.2 Å². The highest BCUT2D eigenvalue weighted by molar-refractivity contribution is 9.10. The zero-order chi connectivity index (χ0) is 20.3. The molecule has 146 valence electrons. The second kappa shape index (κ2) is 8.86. The van der Waals surface area contributed by atoms with E-state index in [-0.39, 0.29) is 12.3 Å².